The van der Waals surface area contributed by atoms with Crippen molar-refractivity contribution < 1.29 is 14.4 Å². The van der Waals surface area contributed by atoms with Gasteiger partial charge in [0.25, 0.3) is 5.91 Å². The van der Waals surface area contributed by atoms with E-state index in [-0.39, 0.29) is 16.8 Å². The van der Waals surface area contributed by atoms with Crippen LogP contribution in [-0.4, -0.2) is 66.2 Å². The molecule has 25 heavy (non-hydrogen) atoms. The second-order valence-corrected chi connectivity index (χ2v) is 7.06. The van der Waals surface area contributed by atoms with Crippen LogP contribution in [0.3, 0.4) is 0 Å². The van der Waals surface area contributed by atoms with Gasteiger partial charge in [-0.2, -0.15) is 0 Å². The van der Waals surface area contributed by atoms with Gasteiger partial charge in [0.1, 0.15) is 11.9 Å². The summed E-state index contributed by atoms with van der Waals surface area (Å²) in [6.45, 7) is 4.27. The van der Waals surface area contributed by atoms with Crippen LogP contribution < -0.4 is 11.1 Å². The lowest BCUT2D eigenvalue weighted by atomic mass is 10.0. The van der Waals surface area contributed by atoms with E-state index >= 15 is 0 Å². The molecular formula is C16H25N5O3S. The van der Waals surface area contributed by atoms with Crippen LogP contribution >= 0.6 is 11.3 Å². The number of primary amides is 1. The average Bonchev–Trinajstić information content (AvgIpc) is 2.93. The third kappa shape index (κ3) is 6.28. The molecule has 0 unspecified atom stereocenters. The molecule has 0 spiro atoms. The Bertz CT molecular complexity index is 654. The first-order valence-corrected chi connectivity index (χ1v) is 8.65. The molecule has 0 aliphatic rings. The first-order valence-electron chi connectivity index (χ1n) is 7.77. The first-order chi connectivity index (χ1) is 11.6. The summed E-state index contributed by atoms with van der Waals surface area (Å²) in [7, 11) is 5.31. The lowest BCUT2D eigenvalue weighted by Crippen LogP contribution is -2.48. The van der Waals surface area contributed by atoms with Gasteiger partial charge in [-0.3, -0.25) is 14.4 Å². The molecule has 1 rings (SSSR count). The molecule has 0 radical (unpaired) electrons. The summed E-state index contributed by atoms with van der Waals surface area (Å²) in [6.07, 6.45) is 3.14. The highest BCUT2D eigenvalue weighted by Gasteiger charge is 2.29. The number of amides is 3. The minimum Gasteiger partial charge on any atom is -0.368 e. The van der Waals surface area contributed by atoms with Gasteiger partial charge >= 0.3 is 0 Å². The summed E-state index contributed by atoms with van der Waals surface area (Å²) in [5.74, 6) is -1.13. The van der Waals surface area contributed by atoms with Crippen LogP contribution in [0.2, 0.25) is 0 Å². The number of nitrogens with one attached hydrogen (secondary N) is 1. The minimum absolute atomic E-state index is 0.118. The van der Waals surface area contributed by atoms with Gasteiger partial charge < -0.3 is 20.9 Å². The summed E-state index contributed by atoms with van der Waals surface area (Å²) in [5, 5.41) is 4.36. The summed E-state index contributed by atoms with van der Waals surface area (Å²) in [4.78, 5) is 43.1. The maximum Gasteiger partial charge on any atom is 0.283 e. The monoisotopic (exact) mass is 367 g/mol. The number of hydrogen-bond acceptors (Lipinski definition) is 6. The molecule has 0 fully saturated rings. The zero-order valence-electron chi connectivity index (χ0n) is 15.1. The smallest absolute Gasteiger partial charge is 0.283 e. The Morgan fingerprint density at radius 2 is 1.96 bits per heavy atom. The SMILES string of the molecule is CC(C)[C@@H](C(N)=O)N(C)C(=O)c1nc(NC(=O)/C=C/CN(C)C)cs1. The van der Waals surface area contributed by atoms with Gasteiger partial charge in [0.2, 0.25) is 11.8 Å². The molecule has 138 valence electrons. The Hall–Kier alpha value is -2.26. The van der Waals surface area contributed by atoms with Gasteiger partial charge in [-0.15, -0.1) is 11.3 Å². The van der Waals surface area contributed by atoms with Gasteiger partial charge in [0.05, 0.1) is 0 Å². The Labute approximate surface area is 151 Å². The molecule has 0 saturated carbocycles. The predicted octanol–water partition coefficient (Wildman–Crippen LogP) is 0.781. The molecule has 1 aromatic rings. The fraction of sp³-hybridized carbons (Fsp3) is 0.500. The van der Waals surface area contributed by atoms with Gasteiger partial charge in [-0.25, -0.2) is 4.98 Å². The van der Waals surface area contributed by atoms with Crippen LogP contribution in [0, 0.1) is 5.92 Å². The van der Waals surface area contributed by atoms with Crippen molar-refractivity contribution >= 4 is 34.9 Å². The Balaban J connectivity index is 2.76. The van der Waals surface area contributed by atoms with E-state index in [9.17, 15) is 14.4 Å². The normalized spacial score (nSPS) is 12.6. The van der Waals surface area contributed by atoms with Crippen molar-refractivity contribution in [3.8, 4) is 0 Å². The third-order valence-electron chi connectivity index (χ3n) is 3.34. The number of hydrogen-bond donors (Lipinski definition) is 2. The molecule has 3 amide bonds. The molecule has 9 heteroatoms. The number of carbonyl (C=O) groups excluding carboxylic acids is 3. The molecule has 0 aliphatic heterocycles. The minimum atomic E-state index is -0.719. The fourth-order valence-electron chi connectivity index (χ4n) is 2.21. The van der Waals surface area contributed by atoms with E-state index in [1.165, 1.54) is 18.0 Å². The molecule has 0 aliphatic carbocycles. The third-order valence-corrected chi connectivity index (χ3v) is 4.17. The highest BCUT2D eigenvalue weighted by atomic mass is 32.1. The second kappa shape index (κ2) is 9.28. The van der Waals surface area contributed by atoms with Gasteiger partial charge in [0, 0.05) is 25.0 Å². The van der Waals surface area contributed by atoms with E-state index in [1.54, 1.807) is 11.5 Å². The quantitative estimate of drug-likeness (QED) is 0.660. The van der Waals surface area contributed by atoms with Crippen molar-refractivity contribution in [1.29, 1.82) is 0 Å². The summed E-state index contributed by atoms with van der Waals surface area (Å²) in [6, 6.07) is -0.719. The van der Waals surface area contributed by atoms with Crippen molar-refractivity contribution in [2.24, 2.45) is 11.7 Å². The molecule has 1 aromatic heterocycles. The summed E-state index contributed by atoms with van der Waals surface area (Å²) < 4.78 is 0. The van der Waals surface area contributed by atoms with Crippen molar-refractivity contribution in [3.05, 3.63) is 22.5 Å². The predicted molar refractivity (Wildman–Crippen MR) is 98.4 cm³/mol. The molecule has 0 aromatic carbocycles. The van der Waals surface area contributed by atoms with Crippen LogP contribution in [0.1, 0.15) is 23.6 Å². The number of likely N-dealkylation sites (N-methyl/N-ethyl adjacent to an activating group) is 2. The zero-order chi connectivity index (χ0) is 19.1. The molecular weight excluding hydrogens is 342 g/mol. The number of carbonyl (C=O) groups is 3. The van der Waals surface area contributed by atoms with E-state index < -0.39 is 17.9 Å². The zero-order valence-corrected chi connectivity index (χ0v) is 16.0. The highest BCUT2D eigenvalue weighted by Crippen LogP contribution is 2.18. The van der Waals surface area contributed by atoms with Gasteiger partial charge in [0.15, 0.2) is 5.01 Å². The molecule has 0 bridgehead atoms. The van der Waals surface area contributed by atoms with Crippen LogP contribution in [0.15, 0.2) is 17.5 Å². The number of rotatable bonds is 8. The van der Waals surface area contributed by atoms with Crippen molar-refractivity contribution in [2.45, 2.75) is 19.9 Å². The lowest BCUT2D eigenvalue weighted by Gasteiger charge is -2.27. The second-order valence-electron chi connectivity index (χ2n) is 6.20. The van der Waals surface area contributed by atoms with Crippen LogP contribution in [0.4, 0.5) is 5.82 Å². The Kier molecular flexibility index (Phi) is 7.72. The van der Waals surface area contributed by atoms with Crippen molar-refractivity contribution in [3.63, 3.8) is 0 Å². The van der Waals surface area contributed by atoms with Gasteiger partial charge in [-0.05, 0) is 20.0 Å². The first kappa shape index (κ1) is 20.8. The van der Waals surface area contributed by atoms with Crippen molar-refractivity contribution in [1.82, 2.24) is 14.8 Å². The molecule has 0 saturated heterocycles. The van der Waals surface area contributed by atoms with Crippen LogP contribution in [0.5, 0.6) is 0 Å². The van der Waals surface area contributed by atoms with E-state index in [2.05, 4.69) is 10.3 Å². The Morgan fingerprint density at radius 3 is 2.48 bits per heavy atom. The molecule has 1 heterocycles. The molecule has 1 atom stereocenters. The number of thiazole rings is 1. The lowest BCUT2D eigenvalue weighted by molar-refractivity contribution is -0.123. The molecule has 3 N–H and O–H groups in total. The standard InChI is InChI=1S/C16H25N5O3S/c1-10(2)13(14(17)23)21(5)16(24)15-19-11(9-25-15)18-12(22)7-6-8-20(3)4/h6-7,9-10,13H,8H2,1-5H3,(H2,17,23)(H,18,22)/b7-6+/t13-/m0/s1. The van der Waals surface area contributed by atoms with Crippen molar-refractivity contribution in [2.75, 3.05) is 33.0 Å². The molecule has 8 nitrogen and oxygen atoms in total. The number of aromatic nitrogens is 1. The number of anilines is 1. The fourth-order valence-corrected chi connectivity index (χ4v) is 2.94. The summed E-state index contributed by atoms with van der Waals surface area (Å²) >= 11 is 1.10. The van der Waals surface area contributed by atoms with E-state index in [0.717, 1.165) is 11.3 Å². The van der Waals surface area contributed by atoms with Gasteiger partial charge in [-0.1, -0.05) is 19.9 Å². The number of nitrogens with two attached hydrogens (primary N) is 1. The Morgan fingerprint density at radius 1 is 1.32 bits per heavy atom. The maximum atomic E-state index is 12.5. The highest BCUT2D eigenvalue weighted by molar-refractivity contribution is 7.12. The van der Waals surface area contributed by atoms with Crippen LogP contribution in [-0.2, 0) is 9.59 Å². The largest absolute Gasteiger partial charge is 0.368 e. The number of nitrogens with zero attached hydrogens (tertiary/aromatic N) is 3. The van der Waals surface area contributed by atoms with E-state index in [4.69, 9.17) is 5.73 Å². The maximum absolute atomic E-state index is 12.5. The van der Waals surface area contributed by atoms with E-state index in [0.29, 0.717) is 12.4 Å². The van der Waals surface area contributed by atoms with Crippen LogP contribution in [0.25, 0.3) is 0 Å². The summed E-state index contributed by atoms with van der Waals surface area (Å²) in [5.41, 5.74) is 5.38. The average molecular weight is 367 g/mol. The van der Waals surface area contributed by atoms with E-state index in [1.807, 2.05) is 32.8 Å². The topological polar surface area (TPSA) is 109 Å².